The summed E-state index contributed by atoms with van der Waals surface area (Å²) in [6.07, 6.45) is 2.24. The monoisotopic (exact) mass is 400 g/mol. The maximum Gasteiger partial charge on any atom is 0.273 e. The van der Waals surface area contributed by atoms with Crippen molar-refractivity contribution in [1.82, 2.24) is 20.3 Å². The first-order valence-corrected chi connectivity index (χ1v) is 9.10. The van der Waals surface area contributed by atoms with Crippen LogP contribution in [0.4, 0.5) is 0 Å². The molecule has 0 spiro atoms. The van der Waals surface area contributed by atoms with Crippen LogP contribution in [0, 0.1) is 0 Å². The second-order valence-corrected chi connectivity index (χ2v) is 6.55. The fourth-order valence-electron chi connectivity index (χ4n) is 2.76. The van der Waals surface area contributed by atoms with Gasteiger partial charge in [-0.15, -0.1) is 5.10 Å². The van der Waals surface area contributed by atoms with Crippen LogP contribution in [-0.4, -0.2) is 41.7 Å². The van der Waals surface area contributed by atoms with Gasteiger partial charge in [0, 0.05) is 17.6 Å². The molecule has 0 fully saturated rings. The summed E-state index contributed by atoms with van der Waals surface area (Å²) in [6.45, 7) is 0.937. The molecule has 0 bridgehead atoms. The number of amides is 1. The fraction of sp³-hybridized carbons (Fsp3) is 0.250. The number of nitrogens with one attached hydrogen (secondary N) is 1. The maximum absolute atomic E-state index is 12.3. The Bertz CT molecular complexity index is 958. The van der Waals surface area contributed by atoms with Crippen LogP contribution in [0.1, 0.15) is 21.6 Å². The second-order valence-electron chi connectivity index (χ2n) is 6.11. The lowest BCUT2D eigenvalue weighted by molar-refractivity contribution is 0.0949. The molecule has 8 heteroatoms. The molecule has 0 unspecified atom stereocenters. The SMILES string of the molecule is COc1ccc(CCNC(=O)c2cn(Cc3cccc(Cl)c3)nn2)c(OC)c1. The average molecular weight is 401 g/mol. The number of halogens is 1. The van der Waals surface area contributed by atoms with Crippen molar-refractivity contribution in [1.29, 1.82) is 0 Å². The van der Waals surface area contributed by atoms with E-state index in [1.807, 2.05) is 42.5 Å². The summed E-state index contributed by atoms with van der Waals surface area (Å²) in [5.74, 6) is 1.17. The Hall–Kier alpha value is -3.06. The Labute approximate surface area is 168 Å². The Kier molecular flexibility index (Phi) is 6.49. The van der Waals surface area contributed by atoms with E-state index in [1.54, 1.807) is 25.1 Å². The first kappa shape index (κ1) is 19.7. The minimum absolute atomic E-state index is 0.267. The number of carbonyl (C=O) groups excluding carboxylic acids is 1. The van der Waals surface area contributed by atoms with Gasteiger partial charge in [0.15, 0.2) is 5.69 Å². The molecule has 0 aliphatic heterocycles. The lowest BCUT2D eigenvalue weighted by Gasteiger charge is -2.10. The zero-order chi connectivity index (χ0) is 19.9. The minimum Gasteiger partial charge on any atom is -0.497 e. The van der Waals surface area contributed by atoms with Gasteiger partial charge in [0.1, 0.15) is 11.5 Å². The topological polar surface area (TPSA) is 78.3 Å². The van der Waals surface area contributed by atoms with Crippen molar-refractivity contribution < 1.29 is 14.3 Å². The standard InChI is InChI=1S/C20H21ClN4O3/c1-27-17-7-6-15(19(11-17)28-2)8-9-22-20(26)18-13-25(24-23-18)12-14-4-3-5-16(21)10-14/h3-7,10-11,13H,8-9,12H2,1-2H3,(H,22,26). The summed E-state index contributed by atoms with van der Waals surface area (Å²) in [6, 6.07) is 13.1. The predicted octanol–water partition coefficient (Wildman–Crippen LogP) is 2.97. The van der Waals surface area contributed by atoms with Crippen molar-refractivity contribution in [2.45, 2.75) is 13.0 Å². The third-order valence-corrected chi connectivity index (χ3v) is 4.41. The van der Waals surface area contributed by atoms with Gasteiger partial charge in [0.2, 0.25) is 0 Å². The van der Waals surface area contributed by atoms with Crippen molar-refractivity contribution in [2.75, 3.05) is 20.8 Å². The zero-order valence-corrected chi connectivity index (χ0v) is 16.4. The number of benzene rings is 2. The van der Waals surface area contributed by atoms with Crippen LogP contribution in [0.15, 0.2) is 48.7 Å². The van der Waals surface area contributed by atoms with Crippen LogP contribution < -0.4 is 14.8 Å². The largest absolute Gasteiger partial charge is 0.497 e. The highest BCUT2D eigenvalue weighted by atomic mass is 35.5. The summed E-state index contributed by atoms with van der Waals surface area (Å²) in [5.41, 5.74) is 2.23. The molecule has 1 aromatic heterocycles. The molecule has 7 nitrogen and oxygen atoms in total. The Balaban J connectivity index is 1.55. The number of ether oxygens (including phenoxy) is 2. The summed E-state index contributed by atoms with van der Waals surface area (Å²) in [7, 11) is 3.21. The van der Waals surface area contributed by atoms with Crippen LogP contribution in [0.3, 0.4) is 0 Å². The van der Waals surface area contributed by atoms with Gasteiger partial charge >= 0.3 is 0 Å². The Morgan fingerprint density at radius 2 is 2.04 bits per heavy atom. The Morgan fingerprint density at radius 3 is 2.79 bits per heavy atom. The molecule has 1 amide bonds. The molecular weight excluding hydrogens is 380 g/mol. The van der Waals surface area contributed by atoms with E-state index in [9.17, 15) is 4.79 Å². The molecule has 0 aliphatic rings. The van der Waals surface area contributed by atoms with Gasteiger partial charge in [-0.2, -0.15) is 0 Å². The van der Waals surface area contributed by atoms with Gasteiger partial charge in [-0.1, -0.05) is 35.0 Å². The average Bonchev–Trinajstić information content (AvgIpc) is 3.16. The number of rotatable bonds is 8. The Morgan fingerprint density at radius 1 is 1.18 bits per heavy atom. The zero-order valence-electron chi connectivity index (χ0n) is 15.7. The van der Waals surface area contributed by atoms with Crippen molar-refractivity contribution in [3.05, 3.63) is 70.5 Å². The van der Waals surface area contributed by atoms with E-state index < -0.39 is 0 Å². The molecular formula is C20H21ClN4O3. The van der Waals surface area contributed by atoms with E-state index in [4.69, 9.17) is 21.1 Å². The van der Waals surface area contributed by atoms with E-state index >= 15 is 0 Å². The highest BCUT2D eigenvalue weighted by Gasteiger charge is 2.12. The van der Waals surface area contributed by atoms with Gasteiger partial charge in [-0.3, -0.25) is 4.79 Å². The normalized spacial score (nSPS) is 10.5. The predicted molar refractivity (Wildman–Crippen MR) is 106 cm³/mol. The highest BCUT2D eigenvalue weighted by molar-refractivity contribution is 6.30. The summed E-state index contributed by atoms with van der Waals surface area (Å²) in [4.78, 5) is 12.3. The van der Waals surface area contributed by atoms with E-state index in [1.165, 1.54) is 0 Å². The smallest absolute Gasteiger partial charge is 0.273 e. The van der Waals surface area contributed by atoms with Crippen LogP contribution in [0.2, 0.25) is 5.02 Å². The molecule has 0 atom stereocenters. The summed E-state index contributed by atoms with van der Waals surface area (Å²) >= 11 is 5.99. The summed E-state index contributed by atoms with van der Waals surface area (Å²) in [5, 5.41) is 11.5. The second kappa shape index (κ2) is 9.23. The molecule has 28 heavy (non-hydrogen) atoms. The van der Waals surface area contributed by atoms with Crippen LogP contribution >= 0.6 is 11.6 Å². The van der Waals surface area contributed by atoms with Crippen molar-refractivity contribution >= 4 is 17.5 Å². The van der Waals surface area contributed by atoms with Crippen LogP contribution in [-0.2, 0) is 13.0 Å². The molecule has 0 radical (unpaired) electrons. The van der Waals surface area contributed by atoms with Gasteiger partial charge < -0.3 is 14.8 Å². The minimum atomic E-state index is -0.273. The molecule has 0 aliphatic carbocycles. The van der Waals surface area contributed by atoms with E-state index in [-0.39, 0.29) is 11.6 Å². The lowest BCUT2D eigenvalue weighted by atomic mass is 10.1. The molecule has 1 heterocycles. The van der Waals surface area contributed by atoms with Crippen LogP contribution in [0.5, 0.6) is 11.5 Å². The first-order valence-electron chi connectivity index (χ1n) is 8.72. The number of aromatic nitrogens is 3. The third kappa shape index (κ3) is 5.01. The lowest BCUT2D eigenvalue weighted by Crippen LogP contribution is -2.26. The van der Waals surface area contributed by atoms with Gasteiger partial charge in [-0.25, -0.2) is 4.68 Å². The molecule has 0 saturated carbocycles. The molecule has 1 N–H and O–H groups in total. The number of hydrogen-bond acceptors (Lipinski definition) is 5. The molecule has 3 aromatic rings. The quantitative estimate of drug-likeness (QED) is 0.629. The maximum atomic E-state index is 12.3. The van der Waals surface area contributed by atoms with Gasteiger partial charge in [0.05, 0.1) is 27.0 Å². The highest BCUT2D eigenvalue weighted by Crippen LogP contribution is 2.24. The number of hydrogen-bond donors (Lipinski definition) is 1. The number of methoxy groups -OCH3 is 2. The van der Waals surface area contributed by atoms with Gasteiger partial charge in [-0.05, 0) is 35.7 Å². The molecule has 0 saturated heterocycles. The van der Waals surface area contributed by atoms with Crippen LogP contribution in [0.25, 0.3) is 0 Å². The summed E-state index contributed by atoms with van der Waals surface area (Å²) < 4.78 is 12.2. The van der Waals surface area contributed by atoms with E-state index in [0.717, 1.165) is 22.6 Å². The molecule has 2 aromatic carbocycles. The van der Waals surface area contributed by atoms with E-state index in [2.05, 4.69) is 15.6 Å². The third-order valence-electron chi connectivity index (χ3n) is 4.18. The molecule has 3 rings (SSSR count). The fourth-order valence-corrected chi connectivity index (χ4v) is 2.97. The molecule has 146 valence electrons. The van der Waals surface area contributed by atoms with Crippen molar-refractivity contribution in [2.24, 2.45) is 0 Å². The van der Waals surface area contributed by atoms with Crippen molar-refractivity contribution in [3.63, 3.8) is 0 Å². The van der Waals surface area contributed by atoms with Crippen molar-refractivity contribution in [3.8, 4) is 11.5 Å². The van der Waals surface area contributed by atoms with E-state index in [0.29, 0.717) is 24.5 Å². The number of nitrogens with zero attached hydrogens (tertiary/aromatic N) is 3. The first-order chi connectivity index (χ1) is 13.6. The number of carbonyl (C=O) groups is 1. The van der Waals surface area contributed by atoms with Gasteiger partial charge in [0.25, 0.3) is 5.91 Å².